The van der Waals surface area contributed by atoms with Crippen LogP contribution in [0.4, 0.5) is 4.39 Å². The molecule has 25 heavy (non-hydrogen) atoms. The molecule has 1 unspecified atom stereocenters. The molecule has 0 aliphatic carbocycles. The van der Waals surface area contributed by atoms with Crippen LogP contribution in [-0.4, -0.2) is 54.5 Å². The third kappa shape index (κ3) is 5.26. The predicted octanol–water partition coefficient (Wildman–Crippen LogP) is 2.45. The first-order valence-electron chi connectivity index (χ1n) is 8.82. The normalized spacial score (nSPS) is 17.1. The van der Waals surface area contributed by atoms with Crippen molar-refractivity contribution in [3.05, 3.63) is 35.6 Å². The fourth-order valence-electron chi connectivity index (χ4n) is 3.24. The number of likely N-dealkylation sites (N-methyl/N-ethyl adjacent to an activating group) is 1. The highest BCUT2D eigenvalue weighted by Crippen LogP contribution is 2.21. The van der Waals surface area contributed by atoms with Gasteiger partial charge in [-0.05, 0) is 57.5 Å². The van der Waals surface area contributed by atoms with Gasteiger partial charge in [0.1, 0.15) is 5.82 Å². The summed E-state index contributed by atoms with van der Waals surface area (Å²) in [6.45, 7) is 5.87. The van der Waals surface area contributed by atoms with Gasteiger partial charge in [-0.3, -0.25) is 14.5 Å². The van der Waals surface area contributed by atoms with Gasteiger partial charge in [0.2, 0.25) is 5.91 Å². The minimum atomic E-state index is -0.299. The number of nitrogens with zero attached hydrogens (tertiary/aromatic N) is 2. The third-order valence-electron chi connectivity index (χ3n) is 4.74. The summed E-state index contributed by atoms with van der Waals surface area (Å²) in [5.41, 5.74) is 0.768. The zero-order chi connectivity index (χ0) is 18.4. The lowest BCUT2D eigenvalue weighted by Gasteiger charge is -2.36. The molecule has 1 aromatic carbocycles. The molecule has 1 amide bonds. The Morgan fingerprint density at radius 2 is 2.04 bits per heavy atom. The van der Waals surface area contributed by atoms with E-state index in [0.29, 0.717) is 39.1 Å². The summed E-state index contributed by atoms with van der Waals surface area (Å²) in [6.07, 6.45) is 1.42. The lowest BCUT2D eigenvalue weighted by molar-refractivity contribution is -0.150. The number of benzene rings is 1. The topological polar surface area (TPSA) is 49.9 Å². The molecule has 1 saturated heterocycles. The molecular weight excluding hydrogens is 323 g/mol. The molecular formula is C19H27FN2O3. The van der Waals surface area contributed by atoms with Crippen molar-refractivity contribution >= 4 is 11.9 Å². The Hall–Kier alpha value is -1.95. The van der Waals surface area contributed by atoms with Crippen molar-refractivity contribution in [3.8, 4) is 0 Å². The molecule has 0 N–H and O–H groups in total. The summed E-state index contributed by atoms with van der Waals surface area (Å²) in [4.78, 5) is 28.2. The second-order valence-corrected chi connectivity index (χ2v) is 6.56. The number of esters is 1. The molecule has 5 nitrogen and oxygen atoms in total. The van der Waals surface area contributed by atoms with Crippen LogP contribution in [-0.2, 0) is 20.9 Å². The molecule has 6 heteroatoms. The van der Waals surface area contributed by atoms with Crippen LogP contribution in [0.2, 0.25) is 0 Å². The van der Waals surface area contributed by atoms with Crippen LogP contribution >= 0.6 is 0 Å². The molecule has 0 aromatic heterocycles. The van der Waals surface area contributed by atoms with E-state index in [9.17, 15) is 14.0 Å². The highest BCUT2D eigenvalue weighted by molar-refractivity contribution is 5.81. The average molecular weight is 350 g/mol. The quantitative estimate of drug-likeness (QED) is 0.740. The summed E-state index contributed by atoms with van der Waals surface area (Å²) >= 11 is 0. The molecule has 0 bridgehead atoms. The highest BCUT2D eigenvalue weighted by Gasteiger charge is 2.31. The van der Waals surface area contributed by atoms with Crippen LogP contribution in [0.15, 0.2) is 24.3 Å². The number of hydrogen-bond donors (Lipinski definition) is 0. The van der Waals surface area contributed by atoms with E-state index in [1.165, 1.54) is 12.1 Å². The van der Waals surface area contributed by atoms with Crippen molar-refractivity contribution in [1.29, 1.82) is 0 Å². The SMILES string of the molecule is CCOC(=O)C1CCN(C(C)C(=O)N(C)Cc2cccc(F)c2)CC1. The first-order valence-corrected chi connectivity index (χ1v) is 8.82. The lowest BCUT2D eigenvalue weighted by atomic mass is 9.96. The minimum absolute atomic E-state index is 0.00107. The van der Waals surface area contributed by atoms with Gasteiger partial charge in [-0.15, -0.1) is 0 Å². The van der Waals surface area contributed by atoms with Crippen molar-refractivity contribution in [2.24, 2.45) is 5.92 Å². The molecule has 2 rings (SSSR count). The first-order chi connectivity index (χ1) is 11.9. The van der Waals surface area contributed by atoms with E-state index >= 15 is 0 Å². The summed E-state index contributed by atoms with van der Waals surface area (Å²) in [6, 6.07) is 6.03. The average Bonchev–Trinajstić information content (AvgIpc) is 2.60. The van der Waals surface area contributed by atoms with Gasteiger partial charge in [-0.1, -0.05) is 12.1 Å². The maximum absolute atomic E-state index is 13.3. The van der Waals surface area contributed by atoms with Gasteiger partial charge in [-0.2, -0.15) is 0 Å². The number of amides is 1. The van der Waals surface area contributed by atoms with E-state index in [-0.39, 0.29) is 29.7 Å². The van der Waals surface area contributed by atoms with Gasteiger partial charge in [0.15, 0.2) is 0 Å². The standard InChI is InChI=1S/C19H27FN2O3/c1-4-25-19(24)16-8-10-22(11-9-16)14(2)18(23)21(3)13-15-6-5-7-17(20)12-15/h5-7,12,14,16H,4,8-11,13H2,1-3H3. The minimum Gasteiger partial charge on any atom is -0.466 e. The maximum atomic E-state index is 13.3. The molecule has 0 spiro atoms. The third-order valence-corrected chi connectivity index (χ3v) is 4.74. The maximum Gasteiger partial charge on any atom is 0.309 e. The summed E-state index contributed by atoms with van der Waals surface area (Å²) in [5.74, 6) is -0.501. The van der Waals surface area contributed by atoms with Crippen molar-refractivity contribution in [1.82, 2.24) is 9.80 Å². The Morgan fingerprint density at radius 1 is 1.36 bits per heavy atom. The van der Waals surface area contributed by atoms with Crippen molar-refractivity contribution in [2.75, 3.05) is 26.7 Å². The number of hydrogen-bond acceptors (Lipinski definition) is 4. The second kappa shape index (κ2) is 8.94. The van der Waals surface area contributed by atoms with E-state index in [2.05, 4.69) is 4.90 Å². The van der Waals surface area contributed by atoms with Gasteiger partial charge in [0.25, 0.3) is 0 Å². The number of piperidine rings is 1. The molecule has 1 aliphatic rings. The Labute approximate surface area is 148 Å². The molecule has 0 saturated carbocycles. The molecule has 1 atom stereocenters. The fourth-order valence-corrected chi connectivity index (χ4v) is 3.24. The summed E-state index contributed by atoms with van der Waals surface area (Å²) in [5, 5.41) is 0. The van der Waals surface area contributed by atoms with Crippen molar-refractivity contribution in [2.45, 2.75) is 39.3 Å². The zero-order valence-corrected chi connectivity index (χ0v) is 15.2. The van der Waals surface area contributed by atoms with Crippen LogP contribution in [0.25, 0.3) is 0 Å². The van der Waals surface area contributed by atoms with Gasteiger partial charge in [-0.25, -0.2) is 4.39 Å². The molecule has 1 aromatic rings. The Bertz CT molecular complexity index is 600. The van der Waals surface area contributed by atoms with Crippen LogP contribution < -0.4 is 0 Å². The monoisotopic (exact) mass is 350 g/mol. The van der Waals surface area contributed by atoms with Crippen LogP contribution in [0.3, 0.4) is 0 Å². The largest absolute Gasteiger partial charge is 0.466 e. The molecule has 1 fully saturated rings. The summed E-state index contributed by atoms with van der Waals surface area (Å²) < 4.78 is 18.4. The molecule has 138 valence electrons. The number of halogens is 1. The number of carbonyl (C=O) groups excluding carboxylic acids is 2. The smallest absolute Gasteiger partial charge is 0.309 e. The molecule has 1 heterocycles. The van der Waals surface area contributed by atoms with E-state index in [0.717, 1.165) is 5.56 Å². The number of ether oxygens (including phenoxy) is 1. The molecule has 1 aliphatic heterocycles. The van der Waals surface area contributed by atoms with E-state index < -0.39 is 0 Å². The summed E-state index contributed by atoms with van der Waals surface area (Å²) in [7, 11) is 1.73. The second-order valence-electron chi connectivity index (χ2n) is 6.56. The zero-order valence-electron chi connectivity index (χ0n) is 15.2. The van der Waals surface area contributed by atoms with Gasteiger partial charge in [0, 0.05) is 13.6 Å². The number of rotatable bonds is 6. The number of carbonyl (C=O) groups is 2. The van der Waals surface area contributed by atoms with E-state index in [1.807, 2.05) is 19.9 Å². The molecule has 0 radical (unpaired) electrons. The van der Waals surface area contributed by atoms with Gasteiger partial charge in [0.05, 0.1) is 18.6 Å². The van der Waals surface area contributed by atoms with Gasteiger partial charge < -0.3 is 9.64 Å². The van der Waals surface area contributed by atoms with Crippen LogP contribution in [0.5, 0.6) is 0 Å². The Morgan fingerprint density at radius 3 is 2.64 bits per heavy atom. The Balaban J connectivity index is 1.86. The number of likely N-dealkylation sites (tertiary alicyclic amines) is 1. The highest BCUT2D eigenvalue weighted by atomic mass is 19.1. The van der Waals surface area contributed by atoms with E-state index in [4.69, 9.17) is 4.74 Å². The first kappa shape index (κ1) is 19.4. The Kier molecular flexibility index (Phi) is 6.93. The fraction of sp³-hybridized carbons (Fsp3) is 0.579. The predicted molar refractivity (Wildman–Crippen MR) is 93.3 cm³/mol. The van der Waals surface area contributed by atoms with Crippen LogP contribution in [0, 0.1) is 11.7 Å². The van der Waals surface area contributed by atoms with Crippen LogP contribution in [0.1, 0.15) is 32.3 Å². The van der Waals surface area contributed by atoms with E-state index in [1.54, 1.807) is 18.0 Å². The van der Waals surface area contributed by atoms with Gasteiger partial charge >= 0.3 is 5.97 Å². The van der Waals surface area contributed by atoms with Crippen molar-refractivity contribution < 1.29 is 18.7 Å². The lowest BCUT2D eigenvalue weighted by Crippen LogP contribution is -2.49. The van der Waals surface area contributed by atoms with Crippen molar-refractivity contribution in [3.63, 3.8) is 0 Å².